The van der Waals surface area contributed by atoms with E-state index < -0.39 is 12.0 Å². The summed E-state index contributed by atoms with van der Waals surface area (Å²) >= 11 is 1.44. The fourth-order valence-electron chi connectivity index (χ4n) is 4.94. The summed E-state index contributed by atoms with van der Waals surface area (Å²) in [6.45, 7) is 3.24. The second-order valence-electron chi connectivity index (χ2n) is 9.10. The number of para-hydroxylation sites is 1. The van der Waals surface area contributed by atoms with Crippen LogP contribution in [0.1, 0.15) is 43.4 Å². The van der Waals surface area contributed by atoms with Gasteiger partial charge in [-0.3, -0.25) is 4.79 Å². The molecule has 198 valence electrons. The molecular formula is C29H31N3O5S. The minimum atomic E-state index is -0.597. The number of benzene rings is 2. The zero-order valence-corrected chi connectivity index (χ0v) is 22.3. The number of nitrogens with one attached hydrogen (secondary N) is 1. The highest BCUT2D eigenvalue weighted by Crippen LogP contribution is 2.48. The Kier molecular flexibility index (Phi) is 8.14. The molecule has 0 radical (unpaired) electrons. The van der Waals surface area contributed by atoms with Crippen LogP contribution in [0.4, 0.5) is 0 Å². The van der Waals surface area contributed by atoms with Gasteiger partial charge in [-0.2, -0.15) is 0 Å². The van der Waals surface area contributed by atoms with Gasteiger partial charge >= 0.3 is 5.97 Å². The van der Waals surface area contributed by atoms with Gasteiger partial charge in [0.15, 0.2) is 5.17 Å². The van der Waals surface area contributed by atoms with Crippen molar-refractivity contribution in [2.75, 3.05) is 26.9 Å². The Balaban J connectivity index is 1.55. The molecule has 5 rings (SSSR count). The summed E-state index contributed by atoms with van der Waals surface area (Å²) in [4.78, 5) is 33.5. The van der Waals surface area contributed by atoms with Crippen molar-refractivity contribution in [3.63, 3.8) is 0 Å². The van der Waals surface area contributed by atoms with E-state index >= 15 is 0 Å². The van der Waals surface area contributed by atoms with Crippen LogP contribution in [0.2, 0.25) is 0 Å². The summed E-state index contributed by atoms with van der Waals surface area (Å²) in [7, 11) is 1.61. The number of esters is 1. The van der Waals surface area contributed by atoms with Crippen LogP contribution in [0.25, 0.3) is 5.70 Å². The Bertz CT molecular complexity index is 1280. The van der Waals surface area contributed by atoms with Gasteiger partial charge in [0.1, 0.15) is 5.75 Å². The van der Waals surface area contributed by atoms with Crippen LogP contribution in [0.3, 0.4) is 0 Å². The second kappa shape index (κ2) is 11.9. The molecule has 0 saturated carbocycles. The molecule has 2 aromatic carbocycles. The molecule has 0 spiro atoms. The van der Waals surface area contributed by atoms with E-state index in [1.54, 1.807) is 14.0 Å². The molecule has 3 aliphatic rings. The third kappa shape index (κ3) is 5.35. The number of methoxy groups -OCH3 is 1. The number of aliphatic imine (C=N–C) groups is 1. The van der Waals surface area contributed by atoms with Crippen molar-refractivity contribution >= 4 is 34.5 Å². The van der Waals surface area contributed by atoms with Gasteiger partial charge in [0, 0.05) is 30.0 Å². The molecule has 8 nitrogen and oxygen atoms in total. The van der Waals surface area contributed by atoms with Crippen LogP contribution in [0.15, 0.2) is 76.3 Å². The topological polar surface area (TPSA) is 89.5 Å². The Morgan fingerprint density at radius 2 is 1.95 bits per heavy atom. The number of nitrogens with zero attached hydrogens (tertiary/aromatic N) is 2. The molecule has 3 aliphatic heterocycles. The highest BCUT2D eigenvalue weighted by molar-refractivity contribution is 8.16. The second-order valence-corrected chi connectivity index (χ2v) is 9.94. The first-order chi connectivity index (χ1) is 18.6. The number of hydrogen-bond donors (Lipinski definition) is 1. The van der Waals surface area contributed by atoms with Crippen LogP contribution in [0, 0.1) is 0 Å². The van der Waals surface area contributed by atoms with Gasteiger partial charge in [-0.05, 0) is 31.2 Å². The van der Waals surface area contributed by atoms with E-state index in [0.717, 1.165) is 36.3 Å². The van der Waals surface area contributed by atoms with Crippen molar-refractivity contribution in [1.82, 2.24) is 10.2 Å². The molecule has 3 heterocycles. The van der Waals surface area contributed by atoms with Crippen molar-refractivity contribution in [3.05, 3.63) is 82.4 Å². The molecule has 1 fully saturated rings. The van der Waals surface area contributed by atoms with E-state index in [2.05, 4.69) is 5.32 Å². The van der Waals surface area contributed by atoms with Crippen molar-refractivity contribution in [1.29, 1.82) is 0 Å². The first-order valence-corrected chi connectivity index (χ1v) is 13.7. The van der Waals surface area contributed by atoms with E-state index in [0.29, 0.717) is 28.7 Å². The van der Waals surface area contributed by atoms with Crippen molar-refractivity contribution < 1.29 is 23.8 Å². The minimum Gasteiger partial charge on any atom is -0.496 e. The quantitative estimate of drug-likeness (QED) is 0.469. The standard InChI is InChI=1S/C29H31N3O5S/c1-3-36-28(34)25-26(19-10-5-4-6-11-19)31-29-32(27(25)22-13-7-8-14-23(22)35-2)20(18-38-29)16-24(33)30-17-21-12-9-15-37-21/h4-8,10-11,13-14,18,21,27H,3,9,12,15-17H2,1-2H3,(H,30,33)/t21-,27+/m0/s1. The lowest BCUT2D eigenvalue weighted by Crippen LogP contribution is -2.39. The lowest BCUT2D eigenvalue weighted by atomic mass is 9.91. The Labute approximate surface area is 226 Å². The normalized spacial score (nSPS) is 20.5. The molecule has 1 N–H and O–H groups in total. The first kappa shape index (κ1) is 26.1. The minimum absolute atomic E-state index is 0.0612. The third-order valence-electron chi connectivity index (χ3n) is 6.68. The summed E-state index contributed by atoms with van der Waals surface area (Å²) < 4.78 is 16.9. The van der Waals surface area contributed by atoms with E-state index in [4.69, 9.17) is 19.2 Å². The van der Waals surface area contributed by atoms with Gasteiger partial charge < -0.3 is 24.4 Å². The van der Waals surface area contributed by atoms with E-state index in [-0.39, 0.29) is 25.0 Å². The summed E-state index contributed by atoms with van der Waals surface area (Å²) in [5.74, 6) is 0.0686. The number of thioether (sulfide) groups is 1. The molecule has 1 amide bonds. The lowest BCUT2D eigenvalue weighted by molar-refractivity contribution is -0.139. The number of amides is 1. The van der Waals surface area contributed by atoms with Gasteiger partial charge in [0.2, 0.25) is 5.91 Å². The van der Waals surface area contributed by atoms with Crippen molar-refractivity contribution in [2.24, 2.45) is 4.99 Å². The summed E-state index contributed by atoms with van der Waals surface area (Å²) in [5, 5.41) is 5.63. The maximum atomic E-state index is 13.6. The van der Waals surface area contributed by atoms with E-state index in [1.165, 1.54) is 11.8 Å². The Morgan fingerprint density at radius 1 is 1.16 bits per heavy atom. The number of fused-ring (bicyclic) bond motifs is 1. The average molecular weight is 534 g/mol. The molecule has 1 saturated heterocycles. The number of carbonyl (C=O) groups excluding carboxylic acids is 2. The number of carbonyl (C=O) groups is 2. The van der Waals surface area contributed by atoms with Gasteiger partial charge in [-0.25, -0.2) is 9.79 Å². The first-order valence-electron chi connectivity index (χ1n) is 12.8. The summed E-state index contributed by atoms with van der Waals surface area (Å²) in [5.41, 5.74) is 3.30. The monoisotopic (exact) mass is 533 g/mol. The van der Waals surface area contributed by atoms with Gasteiger partial charge in [0.05, 0.1) is 43.6 Å². The largest absolute Gasteiger partial charge is 0.496 e. The molecular weight excluding hydrogens is 502 g/mol. The van der Waals surface area contributed by atoms with Crippen LogP contribution >= 0.6 is 11.8 Å². The zero-order chi connectivity index (χ0) is 26.5. The maximum Gasteiger partial charge on any atom is 0.338 e. The van der Waals surface area contributed by atoms with Gasteiger partial charge in [0.25, 0.3) is 0 Å². The van der Waals surface area contributed by atoms with E-state index in [1.807, 2.05) is 64.9 Å². The number of rotatable bonds is 9. The average Bonchev–Trinajstić information content (AvgIpc) is 3.62. The fourth-order valence-corrected chi connectivity index (χ4v) is 5.85. The van der Waals surface area contributed by atoms with Crippen LogP contribution in [0.5, 0.6) is 5.75 Å². The Hall–Kier alpha value is -3.56. The summed E-state index contributed by atoms with van der Waals surface area (Å²) in [6.07, 6.45) is 2.17. The molecule has 0 aromatic heterocycles. The summed E-state index contributed by atoms with van der Waals surface area (Å²) in [6, 6.07) is 16.6. The number of hydrogen-bond acceptors (Lipinski definition) is 8. The molecule has 38 heavy (non-hydrogen) atoms. The van der Waals surface area contributed by atoms with Gasteiger partial charge in [-0.15, -0.1) is 0 Å². The van der Waals surface area contributed by atoms with Crippen LogP contribution in [-0.2, 0) is 19.1 Å². The molecule has 2 atom stereocenters. The number of amidine groups is 1. The third-order valence-corrected chi connectivity index (χ3v) is 7.57. The molecule has 0 aliphatic carbocycles. The molecule has 9 heteroatoms. The van der Waals surface area contributed by atoms with Crippen molar-refractivity contribution in [2.45, 2.75) is 38.3 Å². The molecule has 2 aromatic rings. The highest BCUT2D eigenvalue weighted by Gasteiger charge is 2.43. The zero-order valence-electron chi connectivity index (χ0n) is 21.5. The maximum absolute atomic E-state index is 13.6. The van der Waals surface area contributed by atoms with Crippen LogP contribution < -0.4 is 10.1 Å². The predicted molar refractivity (Wildman–Crippen MR) is 147 cm³/mol. The lowest BCUT2D eigenvalue weighted by Gasteiger charge is -2.37. The highest BCUT2D eigenvalue weighted by atomic mass is 32.2. The predicted octanol–water partition coefficient (Wildman–Crippen LogP) is 4.66. The number of ether oxygens (including phenoxy) is 3. The van der Waals surface area contributed by atoms with Crippen molar-refractivity contribution in [3.8, 4) is 5.75 Å². The fraction of sp³-hybridized carbons (Fsp3) is 0.345. The SMILES string of the molecule is CCOC(=O)C1=C(c2ccccc2)N=C2SC=C(CC(=O)NC[C@@H]3CCCO3)N2[C@@H]1c1ccccc1OC. The van der Waals surface area contributed by atoms with Gasteiger partial charge in [-0.1, -0.05) is 60.3 Å². The molecule has 0 bridgehead atoms. The molecule has 0 unspecified atom stereocenters. The smallest absolute Gasteiger partial charge is 0.338 e. The van der Waals surface area contributed by atoms with E-state index in [9.17, 15) is 9.59 Å². The van der Waals surface area contributed by atoms with Crippen LogP contribution in [-0.4, -0.2) is 54.9 Å². The Morgan fingerprint density at radius 3 is 2.68 bits per heavy atom.